The normalized spacial score (nSPS) is 20.8. The highest BCUT2D eigenvalue weighted by Crippen LogP contribution is 2.29. The zero-order valence-electron chi connectivity index (χ0n) is 10.8. The Kier molecular flexibility index (Phi) is 2.94. The van der Waals surface area contributed by atoms with E-state index in [1.165, 1.54) is 6.42 Å². The van der Waals surface area contributed by atoms with Gasteiger partial charge in [-0.05, 0) is 38.6 Å². The second-order valence-corrected chi connectivity index (χ2v) is 4.96. The van der Waals surface area contributed by atoms with Crippen molar-refractivity contribution in [3.05, 3.63) is 29.7 Å². The maximum absolute atomic E-state index is 11.3. The lowest BCUT2D eigenvalue weighted by molar-refractivity contribution is 0.0687. The van der Waals surface area contributed by atoms with Gasteiger partial charge < -0.3 is 5.11 Å². The Morgan fingerprint density at radius 2 is 2.21 bits per heavy atom. The van der Waals surface area contributed by atoms with Crippen LogP contribution in [0.4, 0.5) is 0 Å². The molecule has 1 N–H and O–H groups in total. The standard InChI is InChI=1S/C13H16N4O2/c1-16-8-3-2-5-9(16)12-15-14-11-7-4-6-10(13(18)19)17(11)12/h4,6-7,9H,2-3,5,8H2,1H3,(H,18,19). The van der Waals surface area contributed by atoms with E-state index in [4.69, 9.17) is 0 Å². The molecule has 1 aliphatic heterocycles. The summed E-state index contributed by atoms with van der Waals surface area (Å²) >= 11 is 0. The molecule has 1 fully saturated rings. The molecule has 1 atom stereocenters. The van der Waals surface area contributed by atoms with Gasteiger partial charge in [0.05, 0.1) is 6.04 Å². The van der Waals surface area contributed by atoms with E-state index in [2.05, 4.69) is 15.1 Å². The minimum atomic E-state index is -0.954. The van der Waals surface area contributed by atoms with Crippen molar-refractivity contribution >= 4 is 11.6 Å². The largest absolute Gasteiger partial charge is 0.477 e. The average Bonchev–Trinajstić information content (AvgIpc) is 2.82. The van der Waals surface area contributed by atoms with Crippen LogP contribution in [-0.2, 0) is 0 Å². The summed E-state index contributed by atoms with van der Waals surface area (Å²) < 4.78 is 1.66. The van der Waals surface area contributed by atoms with E-state index in [-0.39, 0.29) is 11.7 Å². The highest BCUT2D eigenvalue weighted by atomic mass is 16.4. The van der Waals surface area contributed by atoms with Gasteiger partial charge in [0.1, 0.15) is 5.69 Å². The van der Waals surface area contributed by atoms with Gasteiger partial charge in [0.2, 0.25) is 0 Å². The van der Waals surface area contributed by atoms with Gasteiger partial charge in [-0.2, -0.15) is 0 Å². The Bertz CT molecular complexity index is 622. The Labute approximate surface area is 110 Å². The number of pyridine rings is 1. The fraction of sp³-hybridized carbons (Fsp3) is 0.462. The van der Waals surface area contributed by atoms with Crippen LogP contribution in [0.1, 0.15) is 41.6 Å². The first-order valence-electron chi connectivity index (χ1n) is 6.46. The monoisotopic (exact) mass is 260 g/mol. The Hall–Kier alpha value is -1.95. The molecule has 1 saturated heterocycles. The predicted octanol–water partition coefficient (Wildman–Crippen LogP) is 1.58. The zero-order valence-corrected chi connectivity index (χ0v) is 10.8. The van der Waals surface area contributed by atoms with Crippen molar-refractivity contribution in [3.8, 4) is 0 Å². The molecule has 0 radical (unpaired) electrons. The van der Waals surface area contributed by atoms with Crippen molar-refractivity contribution < 1.29 is 9.90 Å². The fourth-order valence-corrected chi connectivity index (χ4v) is 2.75. The molecular weight excluding hydrogens is 244 g/mol. The number of aromatic carboxylic acids is 1. The molecule has 0 aromatic carbocycles. The first-order chi connectivity index (χ1) is 9.18. The predicted molar refractivity (Wildman–Crippen MR) is 69.2 cm³/mol. The molecule has 1 aliphatic rings. The SMILES string of the molecule is CN1CCCCC1c1nnc2cccc(C(=O)O)n12. The maximum Gasteiger partial charge on any atom is 0.352 e. The summed E-state index contributed by atoms with van der Waals surface area (Å²) in [6.07, 6.45) is 3.31. The minimum absolute atomic E-state index is 0.143. The molecule has 6 nitrogen and oxygen atoms in total. The van der Waals surface area contributed by atoms with E-state index < -0.39 is 5.97 Å². The summed E-state index contributed by atoms with van der Waals surface area (Å²) in [4.78, 5) is 13.6. The van der Waals surface area contributed by atoms with Crippen LogP contribution in [0.3, 0.4) is 0 Å². The highest BCUT2D eigenvalue weighted by molar-refractivity contribution is 5.86. The third-order valence-corrected chi connectivity index (χ3v) is 3.74. The number of aromatic nitrogens is 3. The van der Waals surface area contributed by atoms with Gasteiger partial charge in [0, 0.05) is 0 Å². The zero-order chi connectivity index (χ0) is 13.4. The molecule has 0 saturated carbocycles. The lowest BCUT2D eigenvalue weighted by Gasteiger charge is -2.31. The summed E-state index contributed by atoms with van der Waals surface area (Å²) in [5, 5.41) is 17.6. The topological polar surface area (TPSA) is 70.7 Å². The quantitative estimate of drug-likeness (QED) is 0.887. The number of carboxylic acid groups (broad SMARTS) is 1. The van der Waals surface area contributed by atoms with Crippen LogP contribution in [0.25, 0.3) is 5.65 Å². The number of rotatable bonds is 2. The van der Waals surface area contributed by atoms with Gasteiger partial charge in [-0.3, -0.25) is 9.30 Å². The van der Waals surface area contributed by atoms with Crippen molar-refractivity contribution in [3.63, 3.8) is 0 Å². The Balaban J connectivity index is 2.15. The molecule has 3 rings (SSSR count). The molecule has 1 unspecified atom stereocenters. The number of carboxylic acids is 1. The summed E-state index contributed by atoms with van der Waals surface area (Å²) in [6, 6.07) is 5.21. The lowest BCUT2D eigenvalue weighted by Crippen LogP contribution is -2.31. The molecule has 0 spiro atoms. The number of nitrogens with zero attached hydrogens (tertiary/aromatic N) is 4. The van der Waals surface area contributed by atoms with Crippen molar-refractivity contribution in [2.24, 2.45) is 0 Å². The molecule has 0 bridgehead atoms. The van der Waals surface area contributed by atoms with Crippen molar-refractivity contribution in [1.29, 1.82) is 0 Å². The summed E-state index contributed by atoms with van der Waals surface area (Å²) in [5.41, 5.74) is 0.811. The van der Waals surface area contributed by atoms with Gasteiger partial charge in [0.25, 0.3) is 0 Å². The molecule has 2 aromatic rings. The van der Waals surface area contributed by atoms with Gasteiger partial charge in [0.15, 0.2) is 11.5 Å². The summed E-state index contributed by atoms with van der Waals surface area (Å²) in [6.45, 7) is 1.01. The number of carbonyl (C=O) groups is 1. The Morgan fingerprint density at radius 1 is 1.37 bits per heavy atom. The molecule has 19 heavy (non-hydrogen) atoms. The van der Waals surface area contributed by atoms with Crippen LogP contribution in [-0.4, -0.2) is 44.2 Å². The van der Waals surface area contributed by atoms with E-state index in [0.717, 1.165) is 25.2 Å². The summed E-state index contributed by atoms with van der Waals surface area (Å²) in [5.74, 6) is -0.222. The molecule has 6 heteroatoms. The van der Waals surface area contributed by atoms with Crippen LogP contribution >= 0.6 is 0 Å². The minimum Gasteiger partial charge on any atom is -0.477 e. The number of fused-ring (bicyclic) bond motifs is 1. The number of hydrogen-bond donors (Lipinski definition) is 1. The van der Waals surface area contributed by atoms with E-state index in [9.17, 15) is 9.90 Å². The van der Waals surface area contributed by atoms with E-state index >= 15 is 0 Å². The maximum atomic E-state index is 11.3. The first kappa shape index (κ1) is 12.1. The molecule has 2 aromatic heterocycles. The number of hydrogen-bond acceptors (Lipinski definition) is 4. The smallest absolute Gasteiger partial charge is 0.352 e. The van der Waals surface area contributed by atoms with E-state index in [0.29, 0.717) is 5.65 Å². The molecule has 3 heterocycles. The van der Waals surface area contributed by atoms with Crippen LogP contribution < -0.4 is 0 Å². The second-order valence-electron chi connectivity index (χ2n) is 4.96. The third kappa shape index (κ3) is 1.98. The third-order valence-electron chi connectivity index (χ3n) is 3.74. The number of piperidine rings is 1. The Morgan fingerprint density at radius 3 is 2.95 bits per heavy atom. The van der Waals surface area contributed by atoms with Crippen LogP contribution in [0.5, 0.6) is 0 Å². The number of likely N-dealkylation sites (tertiary alicyclic amines) is 1. The molecule has 100 valence electrons. The van der Waals surface area contributed by atoms with Crippen LogP contribution in [0.2, 0.25) is 0 Å². The van der Waals surface area contributed by atoms with Crippen LogP contribution in [0.15, 0.2) is 18.2 Å². The van der Waals surface area contributed by atoms with Crippen LogP contribution in [0, 0.1) is 0 Å². The van der Waals surface area contributed by atoms with Gasteiger partial charge in [-0.15, -0.1) is 10.2 Å². The highest BCUT2D eigenvalue weighted by Gasteiger charge is 2.26. The molecular formula is C13H16N4O2. The van der Waals surface area contributed by atoms with Gasteiger partial charge in [-0.1, -0.05) is 12.5 Å². The average molecular weight is 260 g/mol. The van der Waals surface area contributed by atoms with Gasteiger partial charge >= 0.3 is 5.97 Å². The van der Waals surface area contributed by atoms with Crippen molar-refractivity contribution in [2.75, 3.05) is 13.6 Å². The van der Waals surface area contributed by atoms with Crippen molar-refractivity contribution in [2.45, 2.75) is 25.3 Å². The summed E-state index contributed by atoms with van der Waals surface area (Å²) in [7, 11) is 2.05. The molecule has 0 aliphatic carbocycles. The fourth-order valence-electron chi connectivity index (χ4n) is 2.75. The van der Waals surface area contributed by atoms with E-state index in [1.807, 2.05) is 7.05 Å². The first-order valence-corrected chi connectivity index (χ1v) is 6.46. The van der Waals surface area contributed by atoms with Crippen molar-refractivity contribution in [1.82, 2.24) is 19.5 Å². The second kappa shape index (κ2) is 4.62. The van der Waals surface area contributed by atoms with E-state index in [1.54, 1.807) is 22.6 Å². The van der Waals surface area contributed by atoms with Gasteiger partial charge in [-0.25, -0.2) is 4.79 Å². The molecule has 0 amide bonds. The lowest BCUT2D eigenvalue weighted by atomic mass is 10.0.